The number of amides is 2. The van der Waals surface area contributed by atoms with Gasteiger partial charge in [0, 0.05) is 29.0 Å². The Balaban J connectivity index is 1.47. The Morgan fingerprint density at radius 3 is 2.69 bits per heavy atom. The third-order valence-corrected chi connectivity index (χ3v) is 4.51. The minimum Gasteiger partial charge on any atom is -0.382 e. The minimum atomic E-state index is -0.356. The highest BCUT2D eigenvalue weighted by molar-refractivity contribution is 6.30. The fourth-order valence-electron chi connectivity index (χ4n) is 2.89. The molecule has 29 heavy (non-hydrogen) atoms. The number of benzene rings is 2. The molecule has 2 aromatic carbocycles. The molecule has 9 heteroatoms. The van der Waals surface area contributed by atoms with Crippen molar-refractivity contribution >= 4 is 46.8 Å². The molecular formula is C20H18ClN7O. The maximum absolute atomic E-state index is 12.2. The van der Waals surface area contributed by atoms with Gasteiger partial charge in [-0.3, -0.25) is 0 Å². The van der Waals surface area contributed by atoms with Crippen LogP contribution in [0.3, 0.4) is 0 Å². The number of urea groups is 1. The molecule has 0 atom stereocenters. The summed E-state index contributed by atoms with van der Waals surface area (Å²) in [6.07, 6.45) is 2.35. The van der Waals surface area contributed by atoms with Gasteiger partial charge in [0.15, 0.2) is 5.82 Å². The number of nitrogens with one attached hydrogen (secondary N) is 3. The van der Waals surface area contributed by atoms with E-state index in [4.69, 9.17) is 17.3 Å². The van der Waals surface area contributed by atoms with E-state index in [1.54, 1.807) is 30.5 Å². The van der Waals surface area contributed by atoms with Crippen molar-refractivity contribution in [3.8, 4) is 0 Å². The summed E-state index contributed by atoms with van der Waals surface area (Å²) in [6.45, 7) is 0.393. The van der Waals surface area contributed by atoms with Gasteiger partial charge in [0.1, 0.15) is 18.2 Å². The molecule has 2 heterocycles. The number of carbonyl (C=O) groups excluding carboxylic acids is 1. The first-order valence-corrected chi connectivity index (χ1v) is 9.29. The quantitative estimate of drug-likeness (QED) is 0.625. The molecule has 0 spiro atoms. The molecule has 2 aliphatic rings. The molecule has 8 nitrogen and oxygen atoms in total. The van der Waals surface area contributed by atoms with Crippen molar-refractivity contribution in [3.63, 3.8) is 0 Å². The van der Waals surface area contributed by atoms with Gasteiger partial charge in [0.05, 0.1) is 5.71 Å². The van der Waals surface area contributed by atoms with E-state index in [1.807, 2.05) is 24.3 Å². The van der Waals surface area contributed by atoms with Crippen molar-refractivity contribution in [1.29, 1.82) is 0 Å². The number of nitrogens with two attached hydrogens (primary N) is 1. The Hall–Kier alpha value is -3.65. The van der Waals surface area contributed by atoms with E-state index in [9.17, 15) is 4.79 Å². The van der Waals surface area contributed by atoms with Gasteiger partial charge in [-0.15, -0.1) is 0 Å². The van der Waals surface area contributed by atoms with E-state index < -0.39 is 0 Å². The largest absolute Gasteiger partial charge is 0.382 e. The number of halogens is 1. The summed E-state index contributed by atoms with van der Waals surface area (Å²) < 4.78 is 0. The number of carbonyl (C=O) groups is 1. The number of hydrogen-bond donors (Lipinski definition) is 4. The zero-order valence-corrected chi connectivity index (χ0v) is 16.1. The van der Waals surface area contributed by atoms with Crippen LogP contribution in [-0.2, 0) is 0 Å². The first-order valence-electron chi connectivity index (χ1n) is 8.91. The Bertz CT molecular complexity index is 1070. The van der Waals surface area contributed by atoms with Crippen LogP contribution < -0.4 is 21.7 Å². The van der Waals surface area contributed by atoms with Gasteiger partial charge in [-0.1, -0.05) is 29.8 Å². The Labute approximate surface area is 172 Å². The zero-order valence-electron chi connectivity index (χ0n) is 15.3. The molecule has 5 N–H and O–H groups in total. The molecule has 0 aliphatic carbocycles. The number of rotatable bonds is 3. The first kappa shape index (κ1) is 18.7. The summed E-state index contributed by atoms with van der Waals surface area (Å²) in [5.74, 6) is 0.995. The highest BCUT2D eigenvalue weighted by atomic mass is 35.5. The number of hydrogen-bond acceptors (Lipinski definition) is 6. The van der Waals surface area contributed by atoms with Crippen LogP contribution in [-0.4, -0.2) is 30.5 Å². The Morgan fingerprint density at radius 2 is 1.90 bits per heavy atom. The Morgan fingerprint density at radius 1 is 1.10 bits per heavy atom. The van der Waals surface area contributed by atoms with Crippen LogP contribution in [0.1, 0.15) is 12.0 Å². The topological polar surface area (TPSA) is 116 Å². The van der Waals surface area contributed by atoms with Crippen LogP contribution in [0, 0.1) is 0 Å². The number of amidine groups is 1. The van der Waals surface area contributed by atoms with Crippen molar-refractivity contribution in [3.05, 3.63) is 70.6 Å². The van der Waals surface area contributed by atoms with E-state index in [1.165, 1.54) is 0 Å². The fraction of sp³-hybridized carbons (Fsp3) is 0.100. The van der Waals surface area contributed by atoms with Crippen LogP contribution in [0.4, 0.5) is 16.2 Å². The zero-order chi connectivity index (χ0) is 20.2. The van der Waals surface area contributed by atoms with Crippen LogP contribution in [0.15, 0.2) is 75.0 Å². The maximum atomic E-state index is 12.2. The molecule has 2 aromatic rings. The van der Waals surface area contributed by atoms with Crippen LogP contribution >= 0.6 is 11.6 Å². The summed E-state index contributed by atoms with van der Waals surface area (Å²) in [5.41, 5.74) is 9.49. The van der Waals surface area contributed by atoms with Gasteiger partial charge in [-0.05, 0) is 35.9 Å². The highest BCUT2D eigenvalue weighted by Crippen LogP contribution is 2.19. The van der Waals surface area contributed by atoms with Gasteiger partial charge in [-0.25, -0.2) is 19.8 Å². The van der Waals surface area contributed by atoms with E-state index in [0.29, 0.717) is 46.8 Å². The molecule has 0 aromatic heterocycles. The average molecular weight is 408 g/mol. The highest BCUT2D eigenvalue weighted by Gasteiger charge is 2.17. The molecule has 0 saturated carbocycles. The van der Waals surface area contributed by atoms with Gasteiger partial charge >= 0.3 is 6.03 Å². The smallest absolute Gasteiger partial charge is 0.323 e. The van der Waals surface area contributed by atoms with E-state index in [-0.39, 0.29) is 6.03 Å². The van der Waals surface area contributed by atoms with Crippen LogP contribution in [0.25, 0.3) is 0 Å². The van der Waals surface area contributed by atoms with Crippen LogP contribution in [0.5, 0.6) is 0 Å². The molecule has 0 saturated heterocycles. The van der Waals surface area contributed by atoms with Crippen molar-refractivity contribution in [1.82, 2.24) is 5.32 Å². The third-order valence-electron chi connectivity index (χ3n) is 4.27. The summed E-state index contributed by atoms with van der Waals surface area (Å²) in [6, 6.07) is 14.0. The lowest BCUT2D eigenvalue weighted by Crippen LogP contribution is -2.28. The predicted molar refractivity (Wildman–Crippen MR) is 117 cm³/mol. The molecule has 146 valence electrons. The van der Waals surface area contributed by atoms with E-state index in [0.717, 1.165) is 11.3 Å². The molecule has 0 fully saturated rings. The summed E-state index contributed by atoms with van der Waals surface area (Å²) in [5, 5.41) is 9.14. The standard InChI is InChI=1S/C20H18ClN7O/c21-13-2-1-3-15(10-13)27-20(29)26-14-6-4-12(5-7-14)16-8-9-23-19-17(28-16)18(22)24-11-25-19/h1-7,9-10,25H,8,11H2,(H2,22,24)(H2,26,27,29). The normalized spacial score (nSPS) is 15.5. The molecule has 2 amide bonds. The maximum Gasteiger partial charge on any atom is 0.323 e. The molecule has 0 radical (unpaired) electrons. The molecular weight excluding hydrogens is 390 g/mol. The molecule has 4 rings (SSSR count). The molecule has 0 bridgehead atoms. The van der Waals surface area contributed by atoms with Crippen molar-refractivity contribution in [2.45, 2.75) is 6.42 Å². The van der Waals surface area contributed by atoms with Crippen molar-refractivity contribution in [2.75, 3.05) is 17.3 Å². The third kappa shape index (κ3) is 4.44. The minimum absolute atomic E-state index is 0.356. The van der Waals surface area contributed by atoms with E-state index in [2.05, 4.69) is 30.9 Å². The lowest BCUT2D eigenvalue weighted by molar-refractivity contribution is 0.262. The van der Waals surface area contributed by atoms with Crippen molar-refractivity contribution in [2.24, 2.45) is 20.7 Å². The second-order valence-electron chi connectivity index (χ2n) is 6.32. The average Bonchev–Trinajstić information content (AvgIpc) is 2.92. The van der Waals surface area contributed by atoms with Gasteiger partial charge in [-0.2, -0.15) is 0 Å². The lowest BCUT2D eigenvalue weighted by Gasteiger charge is -2.14. The van der Waals surface area contributed by atoms with Crippen LogP contribution in [0.2, 0.25) is 5.02 Å². The second kappa shape index (κ2) is 8.15. The first-order chi connectivity index (χ1) is 14.1. The van der Waals surface area contributed by atoms with Gasteiger partial charge in [0.25, 0.3) is 0 Å². The number of aliphatic imine (C=N–C) groups is 3. The summed E-state index contributed by atoms with van der Waals surface area (Å²) in [4.78, 5) is 25.3. The summed E-state index contributed by atoms with van der Waals surface area (Å²) in [7, 11) is 0. The fourth-order valence-corrected chi connectivity index (χ4v) is 3.08. The SMILES string of the molecule is NC1=NCNC2=C1N=C(c1ccc(NC(=O)Nc3cccc(Cl)c3)cc1)CC=N2. The van der Waals surface area contributed by atoms with E-state index >= 15 is 0 Å². The second-order valence-corrected chi connectivity index (χ2v) is 6.75. The number of nitrogens with zero attached hydrogens (tertiary/aromatic N) is 3. The summed E-state index contributed by atoms with van der Waals surface area (Å²) >= 11 is 5.93. The van der Waals surface area contributed by atoms with Gasteiger partial charge < -0.3 is 21.7 Å². The van der Waals surface area contributed by atoms with Gasteiger partial charge in [0.2, 0.25) is 0 Å². The molecule has 0 unspecified atom stereocenters. The lowest BCUT2D eigenvalue weighted by atomic mass is 10.1. The van der Waals surface area contributed by atoms with Crippen molar-refractivity contribution < 1.29 is 4.79 Å². The molecule has 2 aliphatic heterocycles. The number of anilines is 2. The predicted octanol–water partition coefficient (Wildman–Crippen LogP) is 3.33. The Kier molecular flexibility index (Phi) is 5.26. The monoisotopic (exact) mass is 407 g/mol.